The normalized spacial score (nSPS) is 10.9. The molecule has 0 atom stereocenters. The Labute approximate surface area is 98.9 Å². The lowest BCUT2D eigenvalue weighted by Crippen LogP contribution is -1.83. The molecule has 3 heterocycles. The summed E-state index contributed by atoms with van der Waals surface area (Å²) in [6, 6.07) is 0. The van der Waals surface area contributed by atoms with Crippen LogP contribution in [0.5, 0.6) is 0 Å². The van der Waals surface area contributed by atoms with Gasteiger partial charge in [-0.05, 0) is 6.92 Å². The molecule has 0 saturated heterocycles. The summed E-state index contributed by atoms with van der Waals surface area (Å²) in [5.74, 6) is 1.18. The van der Waals surface area contributed by atoms with Gasteiger partial charge in [0.1, 0.15) is 11.2 Å². The van der Waals surface area contributed by atoms with Crippen LogP contribution in [-0.2, 0) is 0 Å². The third-order valence-electron chi connectivity index (χ3n) is 2.06. The number of nitrogens with zero attached hydrogens (tertiary/aromatic N) is 5. The molecule has 0 amide bonds. The van der Waals surface area contributed by atoms with Gasteiger partial charge < -0.3 is 10.3 Å². The van der Waals surface area contributed by atoms with Crippen molar-refractivity contribution in [3.8, 4) is 22.4 Å². The monoisotopic (exact) mass is 249 g/mol. The SMILES string of the molecule is Cc1nc(N)sc1-c1nc(-c2ncn[nH]2)no1. The molecule has 3 rings (SSSR count). The fourth-order valence-electron chi connectivity index (χ4n) is 1.34. The van der Waals surface area contributed by atoms with Crippen molar-refractivity contribution in [1.82, 2.24) is 30.3 Å². The van der Waals surface area contributed by atoms with E-state index >= 15 is 0 Å². The summed E-state index contributed by atoms with van der Waals surface area (Å²) in [7, 11) is 0. The molecule has 3 aromatic rings. The van der Waals surface area contributed by atoms with Gasteiger partial charge in [0.15, 0.2) is 11.0 Å². The Morgan fingerprint density at radius 2 is 2.29 bits per heavy atom. The average Bonchev–Trinajstić information content (AvgIpc) is 2.97. The number of hydrogen-bond acceptors (Lipinski definition) is 8. The van der Waals surface area contributed by atoms with Crippen LogP contribution < -0.4 is 5.73 Å². The Balaban J connectivity index is 2.03. The first-order valence-electron chi connectivity index (χ1n) is 4.67. The van der Waals surface area contributed by atoms with Crippen molar-refractivity contribution in [1.29, 1.82) is 0 Å². The third-order valence-corrected chi connectivity index (χ3v) is 3.03. The lowest BCUT2D eigenvalue weighted by atomic mass is 10.4. The van der Waals surface area contributed by atoms with Crippen LogP contribution in [0.1, 0.15) is 5.69 Å². The van der Waals surface area contributed by atoms with E-state index in [1.54, 1.807) is 0 Å². The van der Waals surface area contributed by atoms with E-state index < -0.39 is 0 Å². The van der Waals surface area contributed by atoms with Crippen molar-refractivity contribution in [3.63, 3.8) is 0 Å². The zero-order valence-corrected chi connectivity index (χ0v) is 9.52. The molecule has 8 nitrogen and oxygen atoms in total. The predicted molar refractivity (Wildman–Crippen MR) is 59.9 cm³/mol. The highest BCUT2D eigenvalue weighted by Crippen LogP contribution is 2.30. The molecular weight excluding hydrogens is 242 g/mol. The van der Waals surface area contributed by atoms with Gasteiger partial charge in [-0.1, -0.05) is 16.5 Å². The number of nitrogens with two attached hydrogens (primary N) is 1. The van der Waals surface area contributed by atoms with E-state index in [4.69, 9.17) is 10.3 Å². The number of hydrogen-bond donors (Lipinski definition) is 2. The van der Waals surface area contributed by atoms with Crippen LogP contribution in [0.3, 0.4) is 0 Å². The Bertz CT molecular complexity index is 641. The molecule has 0 aliphatic rings. The van der Waals surface area contributed by atoms with Crippen LogP contribution >= 0.6 is 11.3 Å². The minimum absolute atomic E-state index is 0.351. The highest BCUT2D eigenvalue weighted by molar-refractivity contribution is 7.18. The largest absolute Gasteiger partial charge is 0.375 e. The van der Waals surface area contributed by atoms with E-state index in [2.05, 4.69) is 30.3 Å². The van der Waals surface area contributed by atoms with E-state index in [1.165, 1.54) is 17.7 Å². The minimum Gasteiger partial charge on any atom is -0.375 e. The maximum Gasteiger partial charge on any atom is 0.270 e. The Hall–Kier alpha value is -2.29. The third kappa shape index (κ3) is 1.65. The number of aromatic amines is 1. The summed E-state index contributed by atoms with van der Waals surface area (Å²) in [5.41, 5.74) is 6.37. The second-order valence-corrected chi connectivity index (χ2v) is 4.25. The smallest absolute Gasteiger partial charge is 0.270 e. The number of H-pyrrole nitrogens is 1. The van der Waals surface area contributed by atoms with Crippen LogP contribution in [0.15, 0.2) is 10.9 Å². The Kier molecular flexibility index (Phi) is 2.11. The molecular formula is C8H7N7OS. The highest BCUT2D eigenvalue weighted by Gasteiger charge is 2.17. The van der Waals surface area contributed by atoms with Crippen LogP contribution in [-0.4, -0.2) is 30.3 Å². The molecule has 3 N–H and O–H groups in total. The Morgan fingerprint density at radius 3 is 2.94 bits per heavy atom. The van der Waals surface area contributed by atoms with Crippen LogP contribution in [0.25, 0.3) is 22.4 Å². The summed E-state index contributed by atoms with van der Waals surface area (Å²) in [6.07, 6.45) is 1.38. The molecule has 86 valence electrons. The summed E-state index contributed by atoms with van der Waals surface area (Å²) in [5, 5.41) is 10.6. The predicted octanol–water partition coefficient (Wildman–Crippen LogP) is 0.869. The number of nitrogen functional groups attached to an aromatic ring is 1. The molecule has 0 aliphatic heterocycles. The van der Waals surface area contributed by atoms with E-state index in [0.717, 1.165) is 10.6 Å². The first-order valence-corrected chi connectivity index (χ1v) is 5.48. The van der Waals surface area contributed by atoms with Gasteiger partial charge in [-0.25, -0.2) is 9.97 Å². The molecule has 0 bridgehead atoms. The zero-order valence-electron chi connectivity index (χ0n) is 8.71. The summed E-state index contributed by atoms with van der Waals surface area (Å²) < 4.78 is 5.13. The van der Waals surface area contributed by atoms with Crippen LogP contribution in [0.4, 0.5) is 5.13 Å². The summed E-state index contributed by atoms with van der Waals surface area (Å²) in [6.45, 7) is 1.83. The maximum atomic E-state index is 5.61. The first-order chi connectivity index (χ1) is 8.24. The molecule has 0 radical (unpaired) electrons. The van der Waals surface area contributed by atoms with Crippen molar-refractivity contribution in [2.45, 2.75) is 6.92 Å². The molecule has 0 spiro atoms. The van der Waals surface area contributed by atoms with Crippen molar-refractivity contribution in [2.24, 2.45) is 0 Å². The second kappa shape index (κ2) is 3.63. The second-order valence-electron chi connectivity index (χ2n) is 3.22. The van der Waals surface area contributed by atoms with Crippen molar-refractivity contribution in [2.75, 3.05) is 5.73 Å². The van der Waals surface area contributed by atoms with Gasteiger partial charge in [-0.2, -0.15) is 10.1 Å². The van der Waals surface area contributed by atoms with Crippen molar-refractivity contribution in [3.05, 3.63) is 12.0 Å². The van der Waals surface area contributed by atoms with Gasteiger partial charge in [0.05, 0.1) is 5.69 Å². The first kappa shape index (κ1) is 9.90. The number of anilines is 1. The fraction of sp³-hybridized carbons (Fsp3) is 0.125. The van der Waals surface area contributed by atoms with E-state index in [9.17, 15) is 0 Å². The standard InChI is InChI=1S/C8H7N7OS/c1-3-4(17-8(9)12-3)7-13-6(15-16-7)5-10-2-11-14-5/h2H,1H3,(H2,9,12)(H,10,11,14). The number of aryl methyl sites for hydroxylation is 1. The van der Waals surface area contributed by atoms with Gasteiger partial charge in [-0.15, -0.1) is 0 Å². The van der Waals surface area contributed by atoms with Crippen molar-refractivity contribution < 1.29 is 4.52 Å². The molecule has 0 fully saturated rings. The van der Waals surface area contributed by atoms with Gasteiger partial charge in [0.25, 0.3) is 5.89 Å². The van der Waals surface area contributed by atoms with Gasteiger partial charge in [0.2, 0.25) is 5.82 Å². The van der Waals surface area contributed by atoms with E-state index in [0.29, 0.717) is 22.7 Å². The lowest BCUT2D eigenvalue weighted by Gasteiger charge is -1.86. The quantitative estimate of drug-likeness (QED) is 0.691. The summed E-state index contributed by atoms with van der Waals surface area (Å²) in [4.78, 5) is 13.0. The maximum absolute atomic E-state index is 5.61. The molecule has 17 heavy (non-hydrogen) atoms. The molecule has 3 aromatic heterocycles. The summed E-state index contributed by atoms with van der Waals surface area (Å²) >= 11 is 1.30. The molecule has 0 aliphatic carbocycles. The average molecular weight is 249 g/mol. The van der Waals surface area contributed by atoms with Gasteiger partial charge >= 0.3 is 0 Å². The number of thiazole rings is 1. The number of aromatic nitrogens is 6. The highest BCUT2D eigenvalue weighted by atomic mass is 32.1. The molecule has 0 saturated carbocycles. The minimum atomic E-state index is 0.351. The van der Waals surface area contributed by atoms with E-state index in [1.807, 2.05) is 6.92 Å². The number of nitrogens with one attached hydrogen (secondary N) is 1. The number of rotatable bonds is 2. The van der Waals surface area contributed by atoms with Crippen LogP contribution in [0.2, 0.25) is 0 Å². The zero-order chi connectivity index (χ0) is 11.8. The van der Waals surface area contributed by atoms with Crippen LogP contribution in [0, 0.1) is 6.92 Å². The fourth-order valence-corrected chi connectivity index (χ4v) is 2.10. The van der Waals surface area contributed by atoms with Gasteiger partial charge in [0, 0.05) is 0 Å². The lowest BCUT2D eigenvalue weighted by molar-refractivity contribution is 0.432. The molecule has 9 heteroatoms. The molecule has 0 unspecified atom stereocenters. The van der Waals surface area contributed by atoms with E-state index in [-0.39, 0.29) is 0 Å². The van der Waals surface area contributed by atoms with Crippen molar-refractivity contribution >= 4 is 16.5 Å². The topological polar surface area (TPSA) is 119 Å². The van der Waals surface area contributed by atoms with Gasteiger partial charge in [-0.3, -0.25) is 5.10 Å². The Morgan fingerprint density at radius 1 is 1.41 bits per heavy atom. The molecule has 0 aromatic carbocycles.